The number of nitrogens with one attached hydrogen (secondary N) is 1. The molecule has 1 aromatic heterocycles. The van der Waals surface area contributed by atoms with E-state index in [-0.39, 0.29) is 0 Å². The van der Waals surface area contributed by atoms with Crippen molar-refractivity contribution in [2.24, 2.45) is 5.84 Å². The van der Waals surface area contributed by atoms with Crippen LogP contribution in [0.3, 0.4) is 0 Å². The van der Waals surface area contributed by atoms with Crippen molar-refractivity contribution in [3.63, 3.8) is 0 Å². The number of anilines is 1. The van der Waals surface area contributed by atoms with Gasteiger partial charge in [-0.25, -0.2) is 5.84 Å². The summed E-state index contributed by atoms with van der Waals surface area (Å²) in [4.78, 5) is 0. The molecule has 2 rings (SSSR count). The first-order valence-electron chi connectivity index (χ1n) is 5.18. The molecule has 0 unspecified atom stereocenters. The summed E-state index contributed by atoms with van der Waals surface area (Å²) < 4.78 is 9.47. The van der Waals surface area contributed by atoms with Crippen molar-refractivity contribution < 1.29 is 4.74 Å². The van der Waals surface area contributed by atoms with Crippen molar-refractivity contribution in [2.75, 3.05) is 5.43 Å². The molecular formula is C11H14N4OS. The first-order valence-corrected chi connectivity index (χ1v) is 5.95. The Morgan fingerprint density at radius 2 is 2.00 bits per heavy atom. The minimum absolute atomic E-state index is 0.360. The largest absolute Gasteiger partial charge is 0.487 e. The number of hydrogen-bond acceptors (Lipinski definition) is 6. The summed E-state index contributed by atoms with van der Waals surface area (Å²) in [7, 11) is 0. The van der Waals surface area contributed by atoms with E-state index in [2.05, 4.69) is 21.1 Å². The monoisotopic (exact) mass is 250 g/mol. The molecule has 0 bridgehead atoms. The van der Waals surface area contributed by atoms with Crippen LogP contribution in [0.25, 0.3) is 0 Å². The predicted molar refractivity (Wildman–Crippen MR) is 68.0 cm³/mol. The number of benzene rings is 1. The molecule has 1 heterocycles. The smallest absolute Gasteiger partial charge is 0.150 e. The summed E-state index contributed by atoms with van der Waals surface area (Å²) >= 11 is 1.21. The van der Waals surface area contributed by atoms with Crippen LogP contribution in [0.2, 0.25) is 0 Å². The van der Waals surface area contributed by atoms with Gasteiger partial charge in [-0.1, -0.05) is 10.6 Å². The topological polar surface area (TPSA) is 73.1 Å². The van der Waals surface area contributed by atoms with Gasteiger partial charge in [-0.05, 0) is 37.1 Å². The fourth-order valence-electron chi connectivity index (χ4n) is 1.58. The molecule has 6 heteroatoms. The van der Waals surface area contributed by atoms with E-state index in [1.165, 1.54) is 22.7 Å². The van der Waals surface area contributed by atoms with Crippen molar-refractivity contribution in [1.82, 2.24) is 9.59 Å². The SMILES string of the molecule is Cc1cc(C)cc(OCc2nnsc2NN)c1. The Hall–Kier alpha value is -1.66. The van der Waals surface area contributed by atoms with Gasteiger partial charge in [0.05, 0.1) is 0 Å². The van der Waals surface area contributed by atoms with E-state index in [1.54, 1.807) is 0 Å². The van der Waals surface area contributed by atoms with Crippen molar-refractivity contribution in [3.05, 3.63) is 35.0 Å². The summed E-state index contributed by atoms with van der Waals surface area (Å²) in [5, 5.41) is 4.68. The number of hydrogen-bond donors (Lipinski definition) is 2. The van der Waals surface area contributed by atoms with Gasteiger partial charge in [-0.2, -0.15) is 0 Å². The average Bonchev–Trinajstić information content (AvgIpc) is 2.72. The summed E-state index contributed by atoms with van der Waals surface area (Å²) in [6, 6.07) is 6.08. The van der Waals surface area contributed by atoms with E-state index >= 15 is 0 Å². The second kappa shape index (κ2) is 5.11. The Morgan fingerprint density at radius 3 is 2.65 bits per heavy atom. The first kappa shape index (κ1) is 11.8. The average molecular weight is 250 g/mol. The van der Waals surface area contributed by atoms with Crippen LogP contribution in [-0.4, -0.2) is 9.59 Å². The first-order chi connectivity index (χ1) is 8.19. The zero-order chi connectivity index (χ0) is 12.3. The molecular weight excluding hydrogens is 236 g/mol. The molecule has 0 spiro atoms. The molecule has 5 nitrogen and oxygen atoms in total. The number of nitrogens with zero attached hydrogens (tertiary/aromatic N) is 2. The number of nitrogen functional groups attached to an aromatic ring is 1. The number of rotatable bonds is 4. The van der Waals surface area contributed by atoms with Crippen molar-refractivity contribution in [3.8, 4) is 5.75 Å². The Labute approximate surface area is 104 Å². The van der Waals surface area contributed by atoms with Crippen molar-refractivity contribution in [2.45, 2.75) is 20.5 Å². The third kappa shape index (κ3) is 2.92. The van der Waals surface area contributed by atoms with E-state index in [0.29, 0.717) is 6.61 Å². The van der Waals surface area contributed by atoms with Crippen LogP contribution < -0.4 is 16.0 Å². The zero-order valence-corrected chi connectivity index (χ0v) is 10.5. The lowest BCUT2D eigenvalue weighted by molar-refractivity contribution is 0.301. The summed E-state index contributed by atoms with van der Waals surface area (Å²) in [6.45, 7) is 4.44. The molecule has 0 amide bonds. The van der Waals surface area contributed by atoms with Gasteiger partial charge in [0.2, 0.25) is 0 Å². The number of hydrazine groups is 1. The molecule has 17 heavy (non-hydrogen) atoms. The van der Waals surface area contributed by atoms with Crippen LogP contribution in [0.4, 0.5) is 5.00 Å². The van der Waals surface area contributed by atoms with Gasteiger partial charge in [-0.3, -0.25) is 0 Å². The van der Waals surface area contributed by atoms with Crippen molar-refractivity contribution in [1.29, 1.82) is 0 Å². The van der Waals surface area contributed by atoms with E-state index in [1.807, 2.05) is 26.0 Å². The molecule has 0 saturated heterocycles. The highest BCUT2D eigenvalue weighted by atomic mass is 32.1. The van der Waals surface area contributed by atoms with E-state index < -0.39 is 0 Å². The van der Waals surface area contributed by atoms with E-state index in [9.17, 15) is 0 Å². The molecule has 3 N–H and O–H groups in total. The lowest BCUT2D eigenvalue weighted by Gasteiger charge is -2.07. The van der Waals surface area contributed by atoms with Crippen LogP contribution in [0.15, 0.2) is 18.2 Å². The molecule has 0 saturated carbocycles. The van der Waals surface area contributed by atoms with Gasteiger partial charge < -0.3 is 10.2 Å². The second-order valence-electron chi connectivity index (χ2n) is 3.81. The Kier molecular flexibility index (Phi) is 3.55. The number of aryl methyl sites for hydroxylation is 2. The van der Waals surface area contributed by atoms with Crippen LogP contribution >= 0.6 is 11.5 Å². The van der Waals surface area contributed by atoms with E-state index in [0.717, 1.165) is 16.4 Å². The van der Waals surface area contributed by atoms with Crippen LogP contribution in [0, 0.1) is 13.8 Å². The van der Waals surface area contributed by atoms with Crippen LogP contribution in [0.1, 0.15) is 16.8 Å². The van der Waals surface area contributed by atoms with Crippen molar-refractivity contribution >= 4 is 16.5 Å². The van der Waals surface area contributed by atoms with Gasteiger partial charge in [0.15, 0.2) is 5.00 Å². The quantitative estimate of drug-likeness (QED) is 0.641. The Morgan fingerprint density at radius 1 is 1.29 bits per heavy atom. The maximum Gasteiger partial charge on any atom is 0.150 e. The normalized spacial score (nSPS) is 10.3. The lowest BCUT2D eigenvalue weighted by atomic mass is 10.1. The highest BCUT2D eigenvalue weighted by Crippen LogP contribution is 2.20. The van der Waals surface area contributed by atoms with Crippen LogP contribution in [0.5, 0.6) is 5.75 Å². The number of nitrogens with two attached hydrogens (primary N) is 1. The summed E-state index contributed by atoms with van der Waals surface area (Å²) in [6.07, 6.45) is 0. The molecule has 0 fully saturated rings. The molecule has 1 aromatic carbocycles. The molecule has 0 atom stereocenters. The third-order valence-electron chi connectivity index (χ3n) is 2.26. The molecule has 0 aliphatic carbocycles. The predicted octanol–water partition coefficient (Wildman–Crippen LogP) is 2.02. The standard InChI is InChI=1S/C11H14N4OS/c1-7-3-8(2)5-9(4-7)16-6-10-11(13-12)17-15-14-10/h3-5,13H,6,12H2,1-2H3. The van der Waals surface area contributed by atoms with Gasteiger partial charge >= 0.3 is 0 Å². The molecule has 2 aromatic rings. The lowest BCUT2D eigenvalue weighted by Crippen LogP contribution is -2.08. The number of aromatic nitrogens is 2. The van der Waals surface area contributed by atoms with Gasteiger partial charge in [0.25, 0.3) is 0 Å². The molecule has 0 aliphatic heterocycles. The van der Waals surface area contributed by atoms with Gasteiger partial charge in [0.1, 0.15) is 18.1 Å². The minimum atomic E-state index is 0.360. The molecule has 0 radical (unpaired) electrons. The summed E-state index contributed by atoms with van der Waals surface area (Å²) in [5.41, 5.74) is 5.62. The van der Waals surface area contributed by atoms with Gasteiger partial charge in [-0.15, -0.1) is 5.10 Å². The van der Waals surface area contributed by atoms with Gasteiger partial charge in [0, 0.05) is 11.5 Å². The maximum atomic E-state index is 5.66. The third-order valence-corrected chi connectivity index (χ3v) is 2.96. The maximum absolute atomic E-state index is 5.66. The minimum Gasteiger partial charge on any atom is -0.487 e. The number of ether oxygens (including phenoxy) is 1. The van der Waals surface area contributed by atoms with Crippen LogP contribution in [-0.2, 0) is 6.61 Å². The van der Waals surface area contributed by atoms with E-state index in [4.69, 9.17) is 10.6 Å². The zero-order valence-electron chi connectivity index (χ0n) is 9.73. The molecule has 90 valence electrons. The highest BCUT2D eigenvalue weighted by Gasteiger charge is 2.07. The molecule has 0 aliphatic rings. The highest BCUT2D eigenvalue weighted by molar-refractivity contribution is 7.10. The Bertz CT molecular complexity index is 492. The second-order valence-corrected chi connectivity index (χ2v) is 4.56. The fraction of sp³-hybridized carbons (Fsp3) is 0.273. The fourth-order valence-corrected chi connectivity index (χ4v) is 2.06. The Balaban J connectivity index is 2.07. The summed E-state index contributed by atoms with van der Waals surface area (Å²) in [5.74, 6) is 6.17.